The molecule has 4 aromatic rings. The number of nitrogens with zero attached hydrogens (tertiary/aromatic N) is 1. The molecule has 0 spiro atoms. The highest BCUT2D eigenvalue weighted by atomic mass is 28.1. The van der Waals surface area contributed by atoms with Gasteiger partial charge in [-0.15, -0.1) is 0 Å². The highest BCUT2D eigenvalue weighted by molar-refractivity contribution is 6.32. The molecule has 28 heavy (non-hydrogen) atoms. The minimum absolute atomic E-state index is 1.09. The second-order valence-corrected chi connectivity index (χ2v) is 7.13. The number of rotatable bonds is 5. The molecule has 0 aliphatic rings. The highest BCUT2D eigenvalue weighted by Crippen LogP contribution is 2.34. The summed E-state index contributed by atoms with van der Waals surface area (Å²) in [6.07, 6.45) is 4.27. The third-order valence-electron chi connectivity index (χ3n) is 4.56. The van der Waals surface area contributed by atoms with Crippen LogP contribution in [-0.4, -0.2) is 10.2 Å². The molecule has 0 fully saturated rings. The van der Waals surface area contributed by atoms with Crippen LogP contribution in [0.2, 0.25) is 0 Å². The van der Waals surface area contributed by atoms with Crippen LogP contribution < -0.4 is 10.1 Å². The molecule has 0 aromatic heterocycles. The van der Waals surface area contributed by atoms with Crippen molar-refractivity contribution in [3.63, 3.8) is 0 Å². The van der Waals surface area contributed by atoms with E-state index in [1.807, 2.05) is 12.1 Å². The normalized spacial score (nSPS) is 10.9. The first kappa shape index (κ1) is 18.0. The maximum atomic E-state index is 3.52. The minimum atomic E-state index is 1.09. The van der Waals surface area contributed by atoms with Crippen molar-refractivity contribution < 1.29 is 0 Å². The zero-order valence-corrected chi connectivity index (χ0v) is 16.5. The van der Waals surface area contributed by atoms with E-state index in [2.05, 4.69) is 124 Å². The molecule has 4 aromatic carbocycles. The van der Waals surface area contributed by atoms with Crippen LogP contribution in [0.1, 0.15) is 11.1 Å². The average Bonchev–Trinajstić information content (AvgIpc) is 2.76. The van der Waals surface area contributed by atoms with E-state index < -0.39 is 0 Å². The Balaban J connectivity index is 1.62. The lowest BCUT2D eigenvalue weighted by atomic mass is 10.1. The Hall–Kier alpha value is -3.36. The van der Waals surface area contributed by atoms with Crippen molar-refractivity contribution >= 4 is 44.6 Å². The Labute approximate surface area is 170 Å². The van der Waals surface area contributed by atoms with Crippen molar-refractivity contribution in [1.82, 2.24) is 0 Å². The van der Waals surface area contributed by atoms with Gasteiger partial charge in [0.2, 0.25) is 0 Å². The summed E-state index contributed by atoms with van der Waals surface area (Å²) in [4.78, 5) is 2.27. The summed E-state index contributed by atoms with van der Waals surface area (Å²) < 4.78 is 0. The first-order valence-electron chi connectivity index (χ1n) is 9.30. The van der Waals surface area contributed by atoms with Crippen LogP contribution in [0.25, 0.3) is 12.2 Å². The summed E-state index contributed by atoms with van der Waals surface area (Å²) in [5.41, 5.74) is 5.78. The molecule has 0 saturated carbocycles. The highest BCUT2D eigenvalue weighted by Gasteiger charge is 2.11. The quantitative estimate of drug-likeness (QED) is 0.300. The standard InChI is InChI=1S/C26H20NSi/c28-26-19-15-22(16-20-26)12-11-21-13-17-25(18-14-21)27(23-7-3-1-4-8-23)24-9-5-2-6-10-24/h1-20H. The van der Waals surface area contributed by atoms with Gasteiger partial charge >= 0.3 is 0 Å². The molecule has 0 bridgehead atoms. The molecule has 0 unspecified atom stereocenters. The van der Waals surface area contributed by atoms with Crippen LogP contribution in [0.3, 0.4) is 0 Å². The van der Waals surface area contributed by atoms with Crippen LogP contribution in [-0.2, 0) is 0 Å². The molecule has 2 heteroatoms. The van der Waals surface area contributed by atoms with Crippen molar-refractivity contribution in [2.75, 3.05) is 4.90 Å². The number of benzene rings is 4. The van der Waals surface area contributed by atoms with E-state index in [1.165, 1.54) is 11.1 Å². The fourth-order valence-electron chi connectivity index (χ4n) is 3.12. The Kier molecular flexibility index (Phi) is 5.50. The largest absolute Gasteiger partial charge is 0.311 e. The topological polar surface area (TPSA) is 3.24 Å². The molecule has 0 saturated heterocycles. The molecule has 0 atom stereocenters. The van der Waals surface area contributed by atoms with E-state index >= 15 is 0 Å². The molecule has 0 N–H and O–H groups in total. The maximum absolute atomic E-state index is 3.52. The van der Waals surface area contributed by atoms with Gasteiger partial charge in [0.05, 0.1) is 10.2 Å². The fraction of sp³-hybridized carbons (Fsp3) is 0. The van der Waals surface area contributed by atoms with Gasteiger partial charge in [0.1, 0.15) is 0 Å². The van der Waals surface area contributed by atoms with Crippen LogP contribution in [0.15, 0.2) is 109 Å². The Morgan fingerprint density at radius 1 is 0.464 bits per heavy atom. The van der Waals surface area contributed by atoms with E-state index in [4.69, 9.17) is 0 Å². The van der Waals surface area contributed by atoms with Crippen molar-refractivity contribution in [1.29, 1.82) is 0 Å². The number of hydrogen-bond acceptors (Lipinski definition) is 1. The summed E-state index contributed by atoms with van der Waals surface area (Å²) in [5, 5.41) is 1.09. The molecule has 0 heterocycles. The predicted octanol–water partition coefficient (Wildman–Crippen LogP) is 6.12. The third-order valence-corrected chi connectivity index (χ3v) is 4.89. The lowest BCUT2D eigenvalue weighted by Gasteiger charge is -2.25. The van der Waals surface area contributed by atoms with Crippen LogP contribution >= 0.6 is 0 Å². The monoisotopic (exact) mass is 374 g/mol. The number of anilines is 3. The molecular weight excluding hydrogens is 354 g/mol. The SMILES string of the molecule is [Si]c1ccc(C=Cc2ccc(N(c3ccccc3)c3ccccc3)cc2)cc1. The lowest BCUT2D eigenvalue weighted by Crippen LogP contribution is -2.09. The zero-order chi connectivity index (χ0) is 19.2. The van der Waals surface area contributed by atoms with E-state index in [9.17, 15) is 0 Å². The van der Waals surface area contributed by atoms with Gasteiger partial charge in [0.15, 0.2) is 0 Å². The molecule has 133 valence electrons. The molecule has 0 aliphatic carbocycles. The summed E-state index contributed by atoms with van der Waals surface area (Å²) in [6.45, 7) is 0. The second-order valence-electron chi connectivity index (χ2n) is 6.55. The van der Waals surface area contributed by atoms with Crippen molar-refractivity contribution in [2.24, 2.45) is 0 Å². The summed E-state index contributed by atoms with van der Waals surface area (Å²) in [6, 6.07) is 37.8. The predicted molar refractivity (Wildman–Crippen MR) is 122 cm³/mol. The zero-order valence-electron chi connectivity index (χ0n) is 15.5. The van der Waals surface area contributed by atoms with Gasteiger partial charge in [-0.05, 0) is 47.5 Å². The minimum Gasteiger partial charge on any atom is -0.311 e. The molecule has 3 radical (unpaired) electrons. The van der Waals surface area contributed by atoms with E-state index in [0.29, 0.717) is 0 Å². The van der Waals surface area contributed by atoms with Crippen molar-refractivity contribution in [3.05, 3.63) is 120 Å². The van der Waals surface area contributed by atoms with Crippen LogP contribution in [0.4, 0.5) is 17.1 Å². The fourth-order valence-corrected chi connectivity index (χ4v) is 3.29. The van der Waals surface area contributed by atoms with Gasteiger partial charge < -0.3 is 4.90 Å². The summed E-state index contributed by atoms with van der Waals surface area (Å²) >= 11 is 0. The maximum Gasteiger partial charge on any atom is 0.0711 e. The van der Waals surface area contributed by atoms with Gasteiger partial charge in [-0.1, -0.05) is 90.1 Å². The third kappa shape index (κ3) is 4.30. The molecule has 1 nitrogen and oxygen atoms in total. The van der Waals surface area contributed by atoms with Gasteiger partial charge in [-0.2, -0.15) is 0 Å². The van der Waals surface area contributed by atoms with Crippen molar-refractivity contribution in [2.45, 2.75) is 0 Å². The Morgan fingerprint density at radius 3 is 1.32 bits per heavy atom. The molecule has 0 amide bonds. The first-order chi connectivity index (χ1) is 13.8. The lowest BCUT2D eigenvalue weighted by molar-refractivity contribution is 1.28. The van der Waals surface area contributed by atoms with E-state index in [1.54, 1.807) is 0 Å². The van der Waals surface area contributed by atoms with Gasteiger partial charge in [0, 0.05) is 17.1 Å². The number of para-hydroxylation sites is 2. The van der Waals surface area contributed by atoms with Gasteiger partial charge in [-0.25, -0.2) is 0 Å². The van der Waals surface area contributed by atoms with Crippen LogP contribution in [0, 0.1) is 0 Å². The van der Waals surface area contributed by atoms with E-state index in [0.717, 1.165) is 22.2 Å². The second kappa shape index (κ2) is 8.55. The Bertz CT molecular complexity index is 998. The van der Waals surface area contributed by atoms with Crippen molar-refractivity contribution in [3.8, 4) is 0 Å². The molecular formula is C26H20NSi. The summed E-state index contributed by atoms with van der Waals surface area (Å²) in [7, 11) is 3.52. The van der Waals surface area contributed by atoms with E-state index in [-0.39, 0.29) is 0 Å². The average molecular weight is 375 g/mol. The van der Waals surface area contributed by atoms with Crippen LogP contribution in [0.5, 0.6) is 0 Å². The van der Waals surface area contributed by atoms with Gasteiger partial charge in [-0.3, -0.25) is 0 Å². The Morgan fingerprint density at radius 2 is 0.857 bits per heavy atom. The molecule has 4 rings (SSSR count). The smallest absolute Gasteiger partial charge is 0.0711 e. The molecule has 0 aliphatic heterocycles. The number of hydrogen-bond donors (Lipinski definition) is 0. The van der Waals surface area contributed by atoms with Gasteiger partial charge in [0.25, 0.3) is 0 Å². The summed E-state index contributed by atoms with van der Waals surface area (Å²) in [5.74, 6) is 0. The first-order valence-corrected chi connectivity index (χ1v) is 9.80.